The number of nitrogens with one attached hydrogen (secondary N) is 1. The molecule has 1 fully saturated rings. The van der Waals surface area contributed by atoms with Crippen LogP contribution in [-0.4, -0.2) is 36.9 Å². The molecule has 1 saturated heterocycles. The van der Waals surface area contributed by atoms with E-state index in [0.29, 0.717) is 25.3 Å². The second-order valence-electron chi connectivity index (χ2n) is 5.58. The lowest BCUT2D eigenvalue weighted by atomic mass is 9.81. The van der Waals surface area contributed by atoms with Gasteiger partial charge in [0.05, 0.1) is 0 Å². The van der Waals surface area contributed by atoms with Gasteiger partial charge in [0.2, 0.25) is 11.8 Å². The maximum absolute atomic E-state index is 11.8. The van der Waals surface area contributed by atoms with Gasteiger partial charge in [-0.3, -0.25) is 14.5 Å². The molecule has 1 unspecified atom stereocenters. The first-order valence-corrected chi connectivity index (χ1v) is 5.83. The van der Waals surface area contributed by atoms with E-state index < -0.39 is 0 Å². The lowest BCUT2D eigenvalue weighted by Crippen LogP contribution is -2.48. The first-order chi connectivity index (χ1) is 7.35. The highest BCUT2D eigenvalue weighted by molar-refractivity contribution is 5.98. The van der Waals surface area contributed by atoms with E-state index in [1.165, 1.54) is 4.90 Å². The van der Waals surface area contributed by atoms with Crippen LogP contribution in [0.15, 0.2) is 0 Å². The lowest BCUT2D eigenvalue weighted by molar-refractivity contribution is -0.153. The molecule has 0 aromatic heterocycles. The molecule has 4 heteroatoms. The minimum atomic E-state index is -0.170. The third-order valence-corrected chi connectivity index (χ3v) is 2.91. The highest BCUT2D eigenvalue weighted by Gasteiger charge is 2.37. The normalized spacial score (nSPS) is 22.4. The number of hydrogen-bond acceptors (Lipinski definition) is 3. The van der Waals surface area contributed by atoms with E-state index in [-0.39, 0.29) is 17.2 Å². The van der Waals surface area contributed by atoms with Gasteiger partial charge in [-0.1, -0.05) is 20.8 Å². The van der Waals surface area contributed by atoms with Gasteiger partial charge < -0.3 is 5.32 Å². The first kappa shape index (κ1) is 13.2. The van der Waals surface area contributed by atoms with Crippen molar-refractivity contribution in [3.63, 3.8) is 0 Å². The van der Waals surface area contributed by atoms with Crippen LogP contribution in [0.1, 0.15) is 33.6 Å². The molecule has 2 amide bonds. The van der Waals surface area contributed by atoms with Gasteiger partial charge in [0.25, 0.3) is 0 Å². The molecule has 0 bridgehead atoms. The van der Waals surface area contributed by atoms with E-state index in [1.54, 1.807) is 0 Å². The maximum atomic E-state index is 11.8. The fourth-order valence-corrected chi connectivity index (χ4v) is 2.14. The predicted octanol–water partition coefficient (Wildman–Crippen LogP) is 1.02. The van der Waals surface area contributed by atoms with E-state index in [9.17, 15) is 9.59 Å². The van der Waals surface area contributed by atoms with Gasteiger partial charge in [-0.05, 0) is 24.9 Å². The van der Waals surface area contributed by atoms with Crippen LogP contribution in [0, 0.1) is 11.3 Å². The van der Waals surface area contributed by atoms with Crippen molar-refractivity contribution in [2.24, 2.45) is 11.3 Å². The van der Waals surface area contributed by atoms with Gasteiger partial charge in [0.15, 0.2) is 0 Å². The average molecular weight is 226 g/mol. The van der Waals surface area contributed by atoms with Crippen molar-refractivity contribution in [1.29, 1.82) is 0 Å². The summed E-state index contributed by atoms with van der Waals surface area (Å²) >= 11 is 0. The molecule has 92 valence electrons. The summed E-state index contributed by atoms with van der Waals surface area (Å²) in [5.74, 6) is 0.257. The van der Waals surface area contributed by atoms with Crippen LogP contribution in [0.2, 0.25) is 0 Å². The molecule has 16 heavy (non-hydrogen) atoms. The summed E-state index contributed by atoms with van der Waals surface area (Å²) in [6.07, 6.45) is 0.954. The summed E-state index contributed by atoms with van der Waals surface area (Å²) in [6.45, 7) is 7.33. The van der Waals surface area contributed by atoms with Gasteiger partial charge in [-0.25, -0.2) is 0 Å². The number of piperidine rings is 1. The number of hydrogen-bond donors (Lipinski definition) is 1. The van der Waals surface area contributed by atoms with E-state index in [0.717, 1.165) is 6.54 Å². The molecule has 1 rings (SSSR count). The van der Waals surface area contributed by atoms with Crippen LogP contribution < -0.4 is 5.32 Å². The Labute approximate surface area is 97.4 Å². The Balaban J connectivity index is 2.61. The number of nitrogens with zero attached hydrogens (tertiary/aromatic N) is 1. The van der Waals surface area contributed by atoms with Gasteiger partial charge in [-0.2, -0.15) is 0 Å². The Bertz CT molecular complexity index is 267. The Morgan fingerprint density at radius 3 is 2.25 bits per heavy atom. The Hall–Kier alpha value is -0.900. The van der Waals surface area contributed by atoms with Gasteiger partial charge in [-0.15, -0.1) is 0 Å². The smallest absolute Gasteiger partial charge is 0.229 e. The van der Waals surface area contributed by atoms with Gasteiger partial charge in [0, 0.05) is 19.4 Å². The molecule has 0 radical (unpaired) electrons. The molecule has 1 N–H and O–H groups in total. The van der Waals surface area contributed by atoms with Crippen LogP contribution in [0.25, 0.3) is 0 Å². The van der Waals surface area contributed by atoms with Crippen LogP contribution in [0.4, 0.5) is 0 Å². The molecular formula is C12H22N2O2. The summed E-state index contributed by atoms with van der Waals surface area (Å²) in [5.41, 5.74) is -0.170. The minimum Gasteiger partial charge on any atom is -0.319 e. The second kappa shape index (κ2) is 4.95. The van der Waals surface area contributed by atoms with Crippen LogP contribution in [0.5, 0.6) is 0 Å². The van der Waals surface area contributed by atoms with Crippen molar-refractivity contribution in [2.75, 3.05) is 20.1 Å². The molecule has 1 aliphatic rings. The largest absolute Gasteiger partial charge is 0.319 e. The Morgan fingerprint density at radius 1 is 1.31 bits per heavy atom. The van der Waals surface area contributed by atoms with Crippen molar-refractivity contribution < 1.29 is 9.59 Å². The highest BCUT2D eigenvalue weighted by atomic mass is 16.2. The van der Waals surface area contributed by atoms with Crippen molar-refractivity contribution in [3.8, 4) is 0 Å². The quantitative estimate of drug-likeness (QED) is 0.728. The summed E-state index contributed by atoms with van der Waals surface area (Å²) in [5, 5.41) is 3.05. The van der Waals surface area contributed by atoms with E-state index >= 15 is 0 Å². The standard InChI is InChI=1S/C12H22N2O2/c1-9(7-13-4)8-14-10(15)5-12(2,3)6-11(14)16/h9,13H,5-8H2,1-4H3. The van der Waals surface area contributed by atoms with Crippen LogP contribution in [0.3, 0.4) is 0 Å². The predicted molar refractivity (Wildman–Crippen MR) is 62.8 cm³/mol. The third kappa shape index (κ3) is 3.30. The molecule has 0 spiro atoms. The molecule has 0 aromatic carbocycles. The maximum Gasteiger partial charge on any atom is 0.229 e. The van der Waals surface area contributed by atoms with Gasteiger partial charge in [0.1, 0.15) is 0 Å². The van der Waals surface area contributed by atoms with Crippen molar-refractivity contribution in [3.05, 3.63) is 0 Å². The van der Waals surface area contributed by atoms with Gasteiger partial charge >= 0.3 is 0 Å². The molecule has 1 aliphatic heterocycles. The monoisotopic (exact) mass is 226 g/mol. The second-order valence-corrected chi connectivity index (χ2v) is 5.58. The Kier molecular flexibility index (Phi) is 4.08. The molecule has 0 aromatic rings. The SMILES string of the molecule is CNCC(C)CN1C(=O)CC(C)(C)CC1=O. The molecule has 1 atom stereocenters. The number of imide groups is 1. The number of carbonyl (C=O) groups excluding carboxylic acids is 2. The number of carbonyl (C=O) groups is 2. The van der Waals surface area contributed by atoms with Crippen LogP contribution >= 0.6 is 0 Å². The van der Waals surface area contributed by atoms with Crippen molar-refractivity contribution in [1.82, 2.24) is 10.2 Å². The van der Waals surface area contributed by atoms with E-state index in [4.69, 9.17) is 0 Å². The summed E-state index contributed by atoms with van der Waals surface area (Å²) in [4.78, 5) is 25.1. The summed E-state index contributed by atoms with van der Waals surface area (Å²) < 4.78 is 0. The topological polar surface area (TPSA) is 49.4 Å². The zero-order valence-corrected chi connectivity index (χ0v) is 10.7. The molecule has 0 aliphatic carbocycles. The molecule has 1 heterocycles. The molecule has 0 saturated carbocycles. The minimum absolute atomic E-state index is 0.0239. The zero-order valence-electron chi connectivity index (χ0n) is 10.7. The average Bonchev–Trinajstić information content (AvgIpc) is 2.10. The number of amides is 2. The first-order valence-electron chi connectivity index (χ1n) is 5.83. The molecular weight excluding hydrogens is 204 g/mol. The van der Waals surface area contributed by atoms with E-state index in [2.05, 4.69) is 5.32 Å². The zero-order chi connectivity index (χ0) is 12.3. The third-order valence-electron chi connectivity index (χ3n) is 2.91. The fourth-order valence-electron chi connectivity index (χ4n) is 2.14. The number of likely N-dealkylation sites (tertiary alicyclic amines) is 1. The number of rotatable bonds is 4. The van der Waals surface area contributed by atoms with E-state index in [1.807, 2.05) is 27.8 Å². The lowest BCUT2D eigenvalue weighted by Gasteiger charge is -2.35. The van der Waals surface area contributed by atoms with Crippen molar-refractivity contribution in [2.45, 2.75) is 33.6 Å². The summed E-state index contributed by atoms with van der Waals surface area (Å²) in [6, 6.07) is 0. The highest BCUT2D eigenvalue weighted by Crippen LogP contribution is 2.31. The van der Waals surface area contributed by atoms with Crippen molar-refractivity contribution >= 4 is 11.8 Å². The molecule has 4 nitrogen and oxygen atoms in total. The fraction of sp³-hybridized carbons (Fsp3) is 0.833. The summed E-state index contributed by atoms with van der Waals surface area (Å²) in [7, 11) is 1.87. The Morgan fingerprint density at radius 2 is 1.81 bits per heavy atom. The van der Waals surface area contributed by atoms with Crippen LogP contribution in [-0.2, 0) is 9.59 Å².